The van der Waals surface area contributed by atoms with Crippen molar-refractivity contribution in [2.45, 2.75) is 31.6 Å². The molecule has 0 aliphatic heterocycles. The number of halogens is 2. The molecule has 0 radical (unpaired) electrons. The molecule has 2 aromatic heterocycles. The molecule has 2 amide bonds. The lowest BCUT2D eigenvalue weighted by molar-refractivity contribution is 0.252. The van der Waals surface area contributed by atoms with E-state index in [2.05, 4.69) is 37.9 Å². The van der Waals surface area contributed by atoms with Crippen LogP contribution in [0.2, 0.25) is 5.02 Å². The lowest BCUT2D eigenvalue weighted by Crippen LogP contribution is -2.30. The van der Waals surface area contributed by atoms with Gasteiger partial charge in [-0.05, 0) is 36.1 Å². The SMILES string of the molecule is CCCc1ccc(Nc2nccc(-n3cc(NC(=O)NCC4=CC=CC(Cl)C4)cn3)n2)c(Cl)c1. The lowest BCUT2D eigenvalue weighted by atomic mass is 10.1. The smallest absolute Gasteiger partial charge is 0.319 e. The Morgan fingerprint density at radius 1 is 1.29 bits per heavy atom. The summed E-state index contributed by atoms with van der Waals surface area (Å²) in [7, 11) is 0. The van der Waals surface area contributed by atoms with E-state index in [1.807, 2.05) is 36.4 Å². The van der Waals surface area contributed by atoms with Crippen molar-refractivity contribution in [3.8, 4) is 5.82 Å². The first-order valence-corrected chi connectivity index (χ1v) is 11.8. The minimum atomic E-state index is -0.327. The van der Waals surface area contributed by atoms with Gasteiger partial charge in [0.15, 0.2) is 5.82 Å². The number of benzene rings is 1. The van der Waals surface area contributed by atoms with Crippen LogP contribution in [0.25, 0.3) is 5.82 Å². The highest BCUT2D eigenvalue weighted by atomic mass is 35.5. The van der Waals surface area contributed by atoms with E-state index in [1.54, 1.807) is 29.3 Å². The molecule has 0 saturated heterocycles. The largest absolute Gasteiger partial charge is 0.334 e. The monoisotopic (exact) mass is 497 g/mol. The van der Waals surface area contributed by atoms with Crippen LogP contribution in [0.1, 0.15) is 25.3 Å². The van der Waals surface area contributed by atoms with Gasteiger partial charge in [-0.15, -0.1) is 11.6 Å². The van der Waals surface area contributed by atoms with Crippen LogP contribution < -0.4 is 16.0 Å². The number of anilines is 3. The van der Waals surface area contributed by atoms with E-state index >= 15 is 0 Å². The third-order valence-electron chi connectivity index (χ3n) is 5.12. The van der Waals surface area contributed by atoms with E-state index in [9.17, 15) is 4.79 Å². The number of hydrogen-bond donors (Lipinski definition) is 3. The average molecular weight is 498 g/mol. The Bertz CT molecular complexity index is 1220. The van der Waals surface area contributed by atoms with Crippen molar-refractivity contribution >= 4 is 46.6 Å². The number of aryl methyl sites for hydroxylation is 1. The molecule has 4 rings (SSSR count). The minimum absolute atomic E-state index is 0.0354. The summed E-state index contributed by atoms with van der Waals surface area (Å²) in [6.07, 6.45) is 13.4. The van der Waals surface area contributed by atoms with Crippen LogP contribution in [0.3, 0.4) is 0 Å². The summed E-state index contributed by atoms with van der Waals surface area (Å²) in [5, 5.41) is 13.6. The maximum absolute atomic E-state index is 12.3. The van der Waals surface area contributed by atoms with Crippen LogP contribution >= 0.6 is 23.2 Å². The van der Waals surface area contributed by atoms with Gasteiger partial charge >= 0.3 is 6.03 Å². The minimum Gasteiger partial charge on any atom is -0.334 e. The highest BCUT2D eigenvalue weighted by Crippen LogP contribution is 2.26. The van der Waals surface area contributed by atoms with E-state index in [4.69, 9.17) is 23.2 Å². The quantitative estimate of drug-likeness (QED) is 0.350. The number of aromatic nitrogens is 4. The fourth-order valence-electron chi connectivity index (χ4n) is 3.47. The van der Waals surface area contributed by atoms with Gasteiger partial charge in [0, 0.05) is 18.8 Å². The van der Waals surface area contributed by atoms with Crippen LogP contribution in [0.15, 0.2) is 66.7 Å². The van der Waals surface area contributed by atoms with Crippen molar-refractivity contribution < 1.29 is 4.79 Å². The Morgan fingerprint density at radius 3 is 2.97 bits per heavy atom. The first kappa shape index (κ1) is 23.8. The van der Waals surface area contributed by atoms with Crippen LogP contribution in [0.4, 0.5) is 22.1 Å². The average Bonchev–Trinajstić information content (AvgIpc) is 3.28. The number of urea groups is 1. The van der Waals surface area contributed by atoms with Gasteiger partial charge in [0.25, 0.3) is 0 Å². The molecular formula is C24H25Cl2N7O. The number of allylic oxidation sites excluding steroid dienone is 3. The van der Waals surface area contributed by atoms with Gasteiger partial charge in [0.05, 0.1) is 34.2 Å². The number of carbonyl (C=O) groups is 1. The highest BCUT2D eigenvalue weighted by molar-refractivity contribution is 6.33. The topological polar surface area (TPSA) is 96.8 Å². The molecule has 1 aromatic carbocycles. The first-order chi connectivity index (χ1) is 16.5. The van der Waals surface area contributed by atoms with Crippen molar-refractivity contribution in [3.63, 3.8) is 0 Å². The molecule has 34 heavy (non-hydrogen) atoms. The zero-order valence-corrected chi connectivity index (χ0v) is 20.1. The molecule has 1 atom stereocenters. The third-order valence-corrected chi connectivity index (χ3v) is 5.73. The summed E-state index contributed by atoms with van der Waals surface area (Å²) in [6.45, 7) is 2.56. The fraction of sp³-hybridized carbons (Fsp3) is 0.250. The van der Waals surface area contributed by atoms with Crippen LogP contribution in [-0.2, 0) is 6.42 Å². The Balaban J connectivity index is 1.37. The zero-order chi connectivity index (χ0) is 23.9. The van der Waals surface area contributed by atoms with Crippen molar-refractivity contribution in [2.75, 3.05) is 17.2 Å². The number of hydrogen-bond acceptors (Lipinski definition) is 5. The molecule has 2 heterocycles. The van der Waals surface area contributed by atoms with Gasteiger partial charge in [0.2, 0.25) is 5.95 Å². The molecular weight excluding hydrogens is 473 g/mol. The van der Waals surface area contributed by atoms with E-state index in [1.165, 1.54) is 5.56 Å². The fourth-order valence-corrected chi connectivity index (χ4v) is 4.01. The number of carbonyl (C=O) groups excluding carboxylic acids is 1. The number of rotatable bonds is 8. The van der Waals surface area contributed by atoms with Gasteiger partial charge in [0.1, 0.15) is 0 Å². The van der Waals surface area contributed by atoms with Gasteiger partial charge < -0.3 is 16.0 Å². The molecule has 1 aliphatic rings. The van der Waals surface area contributed by atoms with E-state index < -0.39 is 0 Å². The summed E-state index contributed by atoms with van der Waals surface area (Å²) in [5.74, 6) is 0.926. The second kappa shape index (κ2) is 11.2. The van der Waals surface area contributed by atoms with Crippen molar-refractivity contribution in [1.82, 2.24) is 25.1 Å². The summed E-state index contributed by atoms with van der Waals surface area (Å²) >= 11 is 12.5. The van der Waals surface area contributed by atoms with E-state index in [0.29, 0.717) is 35.4 Å². The number of nitrogens with zero attached hydrogens (tertiary/aromatic N) is 4. The van der Waals surface area contributed by atoms with Gasteiger partial charge in [-0.25, -0.2) is 14.5 Å². The predicted octanol–water partition coefficient (Wildman–Crippen LogP) is 5.63. The molecule has 10 heteroatoms. The number of alkyl halides is 1. The predicted molar refractivity (Wildman–Crippen MR) is 136 cm³/mol. The van der Waals surface area contributed by atoms with Crippen LogP contribution in [0.5, 0.6) is 0 Å². The molecule has 0 saturated carbocycles. The standard InChI is InChI=1S/C24H25Cl2N7O/c1-2-4-16-7-8-21(20(26)12-16)31-23-27-10-9-22(32-23)33-15-19(14-29-33)30-24(34)28-13-17-5-3-6-18(25)11-17/h3,5-10,12,14-15,18H,2,4,11,13H2,1H3,(H,27,31,32)(H2,28,30,34). The molecule has 1 unspecified atom stereocenters. The Kier molecular flexibility index (Phi) is 7.82. The number of amides is 2. The first-order valence-electron chi connectivity index (χ1n) is 11.0. The maximum atomic E-state index is 12.3. The summed E-state index contributed by atoms with van der Waals surface area (Å²) in [6, 6.07) is 7.30. The van der Waals surface area contributed by atoms with Gasteiger partial charge in [-0.3, -0.25) is 0 Å². The summed E-state index contributed by atoms with van der Waals surface area (Å²) in [4.78, 5) is 21.0. The Labute approximate surface area is 208 Å². The normalized spacial score (nSPS) is 15.0. The lowest BCUT2D eigenvalue weighted by Gasteiger charge is -2.13. The van der Waals surface area contributed by atoms with Crippen molar-refractivity contribution in [3.05, 3.63) is 77.2 Å². The van der Waals surface area contributed by atoms with E-state index in [0.717, 1.165) is 24.1 Å². The maximum Gasteiger partial charge on any atom is 0.319 e. The molecule has 3 aromatic rings. The Morgan fingerprint density at radius 2 is 2.18 bits per heavy atom. The second-order valence-electron chi connectivity index (χ2n) is 7.84. The number of nitrogens with one attached hydrogen (secondary N) is 3. The van der Waals surface area contributed by atoms with Gasteiger partial charge in [-0.1, -0.05) is 49.2 Å². The van der Waals surface area contributed by atoms with Crippen molar-refractivity contribution in [1.29, 1.82) is 0 Å². The van der Waals surface area contributed by atoms with Gasteiger partial charge in [-0.2, -0.15) is 10.1 Å². The highest BCUT2D eigenvalue weighted by Gasteiger charge is 2.11. The zero-order valence-electron chi connectivity index (χ0n) is 18.6. The second-order valence-corrected chi connectivity index (χ2v) is 8.81. The third kappa shape index (κ3) is 6.36. The molecule has 0 fully saturated rings. The van der Waals surface area contributed by atoms with Crippen LogP contribution in [-0.4, -0.2) is 37.7 Å². The molecule has 8 nitrogen and oxygen atoms in total. The summed E-state index contributed by atoms with van der Waals surface area (Å²) in [5.41, 5.74) is 3.51. The molecule has 0 spiro atoms. The molecule has 3 N–H and O–H groups in total. The Hall–Kier alpha value is -3.36. The van der Waals surface area contributed by atoms with Crippen molar-refractivity contribution in [2.24, 2.45) is 0 Å². The van der Waals surface area contributed by atoms with Crippen LogP contribution in [0, 0.1) is 0 Å². The molecule has 1 aliphatic carbocycles. The van der Waals surface area contributed by atoms with E-state index in [-0.39, 0.29) is 11.4 Å². The summed E-state index contributed by atoms with van der Waals surface area (Å²) < 4.78 is 1.56. The molecule has 0 bridgehead atoms. The molecule has 176 valence electrons.